The molecule has 2 N–H and O–H groups in total. The van der Waals surface area contributed by atoms with E-state index in [4.69, 9.17) is 25.8 Å². The Kier molecular flexibility index (Phi) is 12.5. The average molecular weight is 724 g/mol. The lowest BCUT2D eigenvalue weighted by molar-refractivity contribution is 0.173. The number of aliphatic hydroxyl groups is 1. The van der Waals surface area contributed by atoms with Gasteiger partial charge < -0.3 is 29.5 Å². The molecule has 1 atom stereocenters. The third-order valence-corrected chi connectivity index (χ3v) is 10.1. The van der Waals surface area contributed by atoms with Crippen molar-refractivity contribution < 1.29 is 19.3 Å². The molecule has 6 rings (SSSR count). The second-order valence-electron chi connectivity index (χ2n) is 12.7. The molecule has 2 aromatic heterocycles. The van der Waals surface area contributed by atoms with Gasteiger partial charge in [0.25, 0.3) is 0 Å². The van der Waals surface area contributed by atoms with Gasteiger partial charge in [0.15, 0.2) is 0 Å². The topological polar surface area (TPSA) is 113 Å². The van der Waals surface area contributed by atoms with Crippen LogP contribution in [-0.2, 0) is 26.3 Å². The SMILES string of the molecule is Cc1c(COc2cc(OCc3cncc(C#N)c3)c(CNCc3cncs3)cc2Cl)cccc1-c1cccc(OCCCN2CC[C@@H](O)C2)c1C. The molecule has 0 unspecified atom stereocenters. The number of aliphatic hydroxyl groups excluding tert-OH is 1. The molecule has 0 saturated carbocycles. The summed E-state index contributed by atoms with van der Waals surface area (Å²) in [5.41, 5.74) is 9.45. The molecule has 0 aliphatic carbocycles. The Hall–Kier alpha value is -4.50. The van der Waals surface area contributed by atoms with Crippen molar-refractivity contribution in [3.8, 4) is 34.4 Å². The Balaban J connectivity index is 1.15. The van der Waals surface area contributed by atoms with Gasteiger partial charge in [-0.3, -0.25) is 9.97 Å². The lowest BCUT2D eigenvalue weighted by Gasteiger charge is -2.19. The van der Waals surface area contributed by atoms with E-state index in [0.29, 0.717) is 48.4 Å². The summed E-state index contributed by atoms with van der Waals surface area (Å²) >= 11 is 8.41. The molecule has 5 aromatic rings. The number of β-amino-alcohol motifs (C(OH)–C–C–N with tert-alkyl or cyclic N) is 1. The average Bonchev–Trinajstić information content (AvgIpc) is 3.82. The molecule has 264 valence electrons. The van der Waals surface area contributed by atoms with E-state index >= 15 is 0 Å². The molecule has 0 spiro atoms. The van der Waals surface area contributed by atoms with Crippen molar-refractivity contribution in [1.82, 2.24) is 20.2 Å². The van der Waals surface area contributed by atoms with Crippen LogP contribution in [0.2, 0.25) is 5.02 Å². The number of hydrogen-bond acceptors (Lipinski definition) is 10. The molecule has 3 aromatic carbocycles. The van der Waals surface area contributed by atoms with E-state index in [1.54, 1.807) is 23.6 Å². The lowest BCUT2D eigenvalue weighted by Crippen LogP contribution is -2.24. The van der Waals surface area contributed by atoms with Crippen LogP contribution in [0.3, 0.4) is 0 Å². The molecular formula is C40H42ClN5O4S. The maximum absolute atomic E-state index is 9.79. The molecule has 11 heteroatoms. The number of nitrogens with one attached hydrogen (secondary N) is 1. The lowest BCUT2D eigenvalue weighted by atomic mass is 9.93. The molecule has 1 fully saturated rings. The fourth-order valence-corrected chi connectivity index (χ4v) is 7.04. The number of hydrogen-bond donors (Lipinski definition) is 2. The largest absolute Gasteiger partial charge is 0.493 e. The number of nitrogens with zero attached hydrogens (tertiary/aromatic N) is 4. The van der Waals surface area contributed by atoms with E-state index in [-0.39, 0.29) is 12.7 Å². The number of thiazole rings is 1. The van der Waals surface area contributed by atoms with Crippen molar-refractivity contribution in [2.75, 3.05) is 26.2 Å². The van der Waals surface area contributed by atoms with E-state index in [1.165, 1.54) is 6.20 Å². The van der Waals surface area contributed by atoms with E-state index in [2.05, 4.69) is 64.4 Å². The first-order valence-electron chi connectivity index (χ1n) is 17.1. The summed E-state index contributed by atoms with van der Waals surface area (Å²) in [7, 11) is 0. The Morgan fingerprint density at radius 2 is 1.75 bits per heavy atom. The number of pyridine rings is 1. The normalized spacial score (nSPS) is 14.4. The van der Waals surface area contributed by atoms with Crippen LogP contribution in [0.15, 0.2) is 78.7 Å². The van der Waals surface area contributed by atoms with Crippen LogP contribution in [-0.4, -0.2) is 52.3 Å². The van der Waals surface area contributed by atoms with E-state index in [9.17, 15) is 10.4 Å². The highest BCUT2D eigenvalue weighted by molar-refractivity contribution is 7.09. The van der Waals surface area contributed by atoms with Crippen molar-refractivity contribution in [2.24, 2.45) is 0 Å². The fourth-order valence-electron chi connectivity index (χ4n) is 6.23. The standard InChI is InChI=1S/C40H42ClN5O4S/c1-27-31(6-3-7-35(27)36-8-4-9-38(28(36)2)48-13-5-11-46-12-10-33(47)23-46)25-50-40-16-39(49-24-30-14-29(17-42)18-43-19-30)32(15-37(40)41)20-44-21-34-22-45-26-51-34/h3-4,6-9,14-16,18-19,22,26,33,44,47H,5,10-13,20-21,23-25H2,1-2H3/t33-/m1/s1. The predicted octanol–water partition coefficient (Wildman–Crippen LogP) is 7.63. The van der Waals surface area contributed by atoms with Gasteiger partial charge in [-0.25, -0.2) is 0 Å². The molecule has 0 radical (unpaired) electrons. The van der Waals surface area contributed by atoms with Gasteiger partial charge in [0.2, 0.25) is 0 Å². The summed E-state index contributed by atoms with van der Waals surface area (Å²) in [5.74, 6) is 2.03. The van der Waals surface area contributed by atoms with Crippen molar-refractivity contribution in [1.29, 1.82) is 5.26 Å². The van der Waals surface area contributed by atoms with Gasteiger partial charge in [0, 0.05) is 73.4 Å². The Morgan fingerprint density at radius 1 is 0.922 bits per heavy atom. The Bertz CT molecular complexity index is 1970. The molecule has 1 aliphatic rings. The highest BCUT2D eigenvalue weighted by Gasteiger charge is 2.20. The van der Waals surface area contributed by atoms with Gasteiger partial charge >= 0.3 is 0 Å². The minimum absolute atomic E-state index is 0.200. The van der Waals surface area contributed by atoms with Crippen molar-refractivity contribution in [2.45, 2.75) is 59.1 Å². The maximum Gasteiger partial charge on any atom is 0.142 e. The number of benzene rings is 3. The second kappa shape index (κ2) is 17.6. The summed E-state index contributed by atoms with van der Waals surface area (Å²) in [6.07, 6.45) is 6.63. The first-order valence-corrected chi connectivity index (χ1v) is 18.4. The zero-order valence-electron chi connectivity index (χ0n) is 28.9. The molecule has 9 nitrogen and oxygen atoms in total. The van der Waals surface area contributed by atoms with Crippen molar-refractivity contribution >= 4 is 22.9 Å². The predicted molar refractivity (Wildman–Crippen MR) is 200 cm³/mol. The van der Waals surface area contributed by atoms with Crippen LogP contribution in [0.25, 0.3) is 11.1 Å². The van der Waals surface area contributed by atoms with Crippen LogP contribution in [0.5, 0.6) is 17.2 Å². The molecule has 51 heavy (non-hydrogen) atoms. The number of halogens is 1. The summed E-state index contributed by atoms with van der Waals surface area (Å²) < 4.78 is 18.9. The second-order valence-corrected chi connectivity index (χ2v) is 14.1. The minimum atomic E-state index is -0.200. The quantitative estimate of drug-likeness (QED) is 0.0993. The maximum atomic E-state index is 9.79. The van der Waals surface area contributed by atoms with E-state index < -0.39 is 0 Å². The van der Waals surface area contributed by atoms with Gasteiger partial charge in [-0.15, -0.1) is 11.3 Å². The van der Waals surface area contributed by atoms with Crippen LogP contribution < -0.4 is 19.5 Å². The summed E-state index contributed by atoms with van der Waals surface area (Å²) in [6, 6.07) is 20.1. The van der Waals surface area contributed by atoms with Crippen LogP contribution in [0.1, 0.15) is 51.1 Å². The van der Waals surface area contributed by atoms with Crippen LogP contribution >= 0.6 is 22.9 Å². The highest BCUT2D eigenvalue weighted by Crippen LogP contribution is 2.36. The molecule has 3 heterocycles. The van der Waals surface area contributed by atoms with Gasteiger partial charge in [0.1, 0.15) is 36.5 Å². The highest BCUT2D eigenvalue weighted by atomic mass is 35.5. The first-order chi connectivity index (χ1) is 24.9. The first kappa shape index (κ1) is 36.3. The minimum Gasteiger partial charge on any atom is -0.493 e. The third-order valence-electron chi connectivity index (χ3n) is 9.06. The fraction of sp³-hybridized carbons (Fsp3) is 0.325. The van der Waals surface area contributed by atoms with Crippen molar-refractivity contribution in [3.63, 3.8) is 0 Å². The zero-order chi connectivity index (χ0) is 35.6. The number of nitriles is 1. The molecular weight excluding hydrogens is 682 g/mol. The zero-order valence-corrected chi connectivity index (χ0v) is 30.5. The van der Waals surface area contributed by atoms with E-state index in [0.717, 1.165) is 82.0 Å². The number of likely N-dealkylation sites (tertiary alicyclic amines) is 1. The summed E-state index contributed by atoms with van der Waals surface area (Å²) in [6.45, 7) is 9.21. The van der Waals surface area contributed by atoms with Gasteiger partial charge in [-0.05, 0) is 72.7 Å². The van der Waals surface area contributed by atoms with E-state index in [1.807, 2.05) is 36.0 Å². The molecule has 0 amide bonds. The Labute approximate surface area is 308 Å². The summed E-state index contributed by atoms with van der Waals surface area (Å²) in [4.78, 5) is 11.7. The van der Waals surface area contributed by atoms with Crippen LogP contribution in [0.4, 0.5) is 0 Å². The Morgan fingerprint density at radius 3 is 2.53 bits per heavy atom. The molecule has 1 saturated heterocycles. The van der Waals surface area contributed by atoms with Gasteiger partial charge in [-0.2, -0.15) is 5.26 Å². The third kappa shape index (κ3) is 9.64. The smallest absolute Gasteiger partial charge is 0.142 e. The monoisotopic (exact) mass is 723 g/mol. The van der Waals surface area contributed by atoms with Gasteiger partial charge in [0.05, 0.1) is 28.8 Å². The molecule has 1 aliphatic heterocycles. The van der Waals surface area contributed by atoms with Crippen molar-refractivity contribution in [3.05, 3.63) is 122 Å². The molecule has 0 bridgehead atoms. The number of ether oxygens (including phenoxy) is 3. The van der Waals surface area contributed by atoms with Gasteiger partial charge in [-0.1, -0.05) is 41.9 Å². The number of aromatic nitrogens is 2. The number of rotatable bonds is 16. The van der Waals surface area contributed by atoms with Crippen LogP contribution in [0, 0.1) is 25.2 Å². The summed E-state index contributed by atoms with van der Waals surface area (Å²) in [5, 5.41) is 23.0.